The number of benzene rings is 3. The normalized spacial score (nSPS) is 10.9. The Morgan fingerprint density at radius 2 is 1.63 bits per heavy atom. The second-order valence-corrected chi connectivity index (χ2v) is 8.45. The highest BCUT2D eigenvalue weighted by Gasteiger charge is 2.17. The fraction of sp³-hybridized carbons (Fsp3) is 0.0500. The van der Waals surface area contributed by atoms with Gasteiger partial charge in [-0.2, -0.15) is 0 Å². The molecule has 0 spiro atoms. The van der Waals surface area contributed by atoms with E-state index in [1.54, 1.807) is 36.4 Å². The molecular weight excluding hydrogens is 451 g/mol. The van der Waals surface area contributed by atoms with E-state index in [2.05, 4.69) is 14.8 Å². The third-order valence-electron chi connectivity index (χ3n) is 3.84. The van der Waals surface area contributed by atoms with Gasteiger partial charge >= 0.3 is 6.09 Å². The van der Waals surface area contributed by atoms with Gasteiger partial charge in [-0.1, -0.05) is 35.3 Å². The van der Waals surface area contributed by atoms with Crippen LogP contribution in [0.15, 0.2) is 71.6 Å². The number of carbonyl (C=O) groups excluding carboxylic acids is 1. The van der Waals surface area contributed by atoms with Crippen molar-refractivity contribution in [1.82, 2.24) is 0 Å². The number of halogens is 2. The molecule has 3 aromatic rings. The standard InChI is InChI=1S/C20H16Cl2N2O5S/c1-28-20(25)23-14-7-9-15(10-8-14)30(26,27)24-17-4-2-3-5-19(17)29-18-11-6-13(21)12-16(18)22/h2-12,24H,1H3,(H,23,25). The highest BCUT2D eigenvalue weighted by Crippen LogP contribution is 2.35. The van der Waals surface area contributed by atoms with Crippen LogP contribution in [-0.4, -0.2) is 21.6 Å². The summed E-state index contributed by atoms with van der Waals surface area (Å²) in [5.74, 6) is 0.584. The van der Waals surface area contributed by atoms with Gasteiger partial charge in [-0.15, -0.1) is 0 Å². The molecule has 7 nitrogen and oxygen atoms in total. The third kappa shape index (κ3) is 5.35. The van der Waals surface area contributed by atoms with E-state index in [9.17, 15) is 13.2 Å². The predicted octanol–water partition coefficient (Wildman–Crippen LogP) is 5.76. The Morgan fingerprint density at radius 3 is 2.30 bits per heavy atom. The Balaban J connectivity index is 1.82. The molecule has 0 aliphatic heterocycles. The quantitative estimate of drug-likeness (QED) is 0.481. The van der Waals surface area contributed by atoms with E-state index in [4.69, 9.17) is 27.9 Å². The van der Waals surface area contributed by atoms with Crippen molar-refractivity contribution in [2.24, 2.45) is 0 Å². The van der Waals surface area contributed by atoms with Gasteiger partial charge in [0.2, 0.25) is 0 Å². The highest BCUT2D eigenvalue weighted by atomic mass is 35.5. The van der Waals surface area contributed by atoms with Crippen molar-refractivity contribution >= 4 is 50.7 Å². The predicted molar refractivity (Wildman–Crippen MR) is 116 cm³/mol. The largest absolute Gasteiger partial charge is 0.454 e. The van der Waals surface area contributed by atoms with Gasteiger partial charge in [0.15, 0.2) is 5.75 Å². The molecule has 3 aromatic carbocycles. The minimum Gasteiger partial charge on any atom is -0.454 e. The van der Waals surface area contributed by atoms with Gasteiger partial charge in [-0.05, 0) is 54.6 Å². The maximum absolute atomic E-state index is 12.8. The van der Waals surface area contributed by atoms with Crippen LogP contribution >= 0.6 is 23.2 Å². The molecule has 0 saturated heterocycles. The maximum atomic E-state index is 12.8. The van der Waals surface area contributed by atoms with Gasteiger partial charge in [-0.25, -0.2) is 13.2 Å². The summed E-state index contributed by atoms with van der Waals surface area (Å²) < 4.78 is 38.3. The lowest BCUT2D eigenvalue weighted by molar-refractivity contribution is 0.187. The van der Waals surface area contributed by atoms with Crippen molar-refractivity contribution in [3.63, 3.8) is 0 Å². The number of carbonyl (C=O) groups is 1. The molecule has 0 fully saturated rings. The minimum absolute atomic E-state index is 0.00255. The third-order valence-corrected chi connectivity index (χ3v) is 5.75. The number of methoxy groups -OCH3 is 1. The van der Waals surface area contributed by atoms with Crippen LogP contribution < -0.4 is 14.8 Å². The van der Waals surface area contributed by atoms with E-state index in [0.717, 1.165) is 0 Å². The summed E-state index contributed by atoms with van der Waals surface area (Å²) in [5, 5.41) is 3.18. The number of sulfonamides is 1. The average molecular weight is 467 g/mol. The Hall–Kier alpha value is -2.94. The number of rotatable bonds is 6. The zero-order valence-electron chi connectivity index (χ0n) is 15.6. The Labute approximate surface area is 183 Å². The van der Waals surface area contributed by atoms with Crippen molar-refractivity contribution < 1.29 is 22.7 Å². The lowest BCUT2D eigenvalue weighted by Gasteiger charge is -2.14. The van der Waals surface area contributed by atoms with Crippen LogP contribution in [0.2, 0.25) is 10.0 Å². The zero-order valence-corrected chi connectivity index (χ0v) is 17.9. The molecule has 0 saturated carbocycles. The second kappa shape index (κ2) is 9.25. The fourth-order valence-corrected chi connectivity index (χ4v) is 3.92. The molecule has 30 heavy (non-hydrogen) atoms. The van der Waals surface area contributed by atoms with Gasteiger partial charge in [-0.3, -0.25) is 10.0 Å². The van der Waals surface area contributed by atoms with Crippen molar-refractivity contribution in [2.75, 3.05) is 17.1 Å². The molecule has 1 amide bonds. The first kappa shape index (κ1) is 21.8. The van der Waals surface area contributed by atoms with E-state index < -0.39 is 16.1 Å². The molecule has 0 aromatic heterocycles. The Kier molecular flexibility index (Phi) is 6.71. The number of hydrogen-bond donors (Lipinski definition) is 2. The van der Waals surface area contributed by atoms with E-state index in [1.165, 1.54) is 37.4 Å². The first-order valence-electron chi connectivity index (χ1n) is 8.48. The average Bonchev–Trinajstić information content (AvgIpc) is 2.71. The van der Waals surface area contributed by atoms with Gasteiger partial charge < -0.3 is 9.47 Å². The SMILES string of the molecule is COC(=O)Nc1ccc(S(=O)(=O)Nc2ccccc2Oc2ccc(Cl)cc2Cl)cc1. The lowest BCUT2D eigenvalue weighted by atomic mass is 10.3. The molecule has 0 radical (unpaired) electrons. The van der Waals surface area contributed by atoms with Crippen LogP contribution in [0.3, 0.4) is 0 Å². The number of nitrogens with one attached hydrogen (secondary N) is 2. The number of hydrogen-bond acceptors (Lipinski definition) is 5. The molecule has 10 heteroatoms. The van der Waals surface area contributed by atoms with Gasteiger partial charge in [0.05, 0.1) is 22.7 Å². The number of amides is 1. The zero-order chi connectivity index (χ0) is 21.7. The van der Waals surface area contributed by atoms with Crippen molar-refractivity contribution in [3.8, 4) is 11.5 Å². The van der Waals surface area contributed by atoms with Crippen LogP contribution in [0.4, 0.5) is 16.2 Å². The van der Waals surface area contributed by atoms with E-state index in [1.807, 2.05) is 0 Å². The van der Waals surface area contributed by atoms with Gasteiger partial charge in [0, 0.05) is 10.7 Å². The topological polar surface area (TPSA) is 93.7 Å². The summed E-state index contributed by atoms with van der Waals surface area (Å²) in [7, 11) is -2.69. The molecule has 0 atom stereocenters. The van der Waals surface area contributed by atoms with Crippen LogP contribution in [0.5, 0.6) is 11.5 Å². The van der Waals surface area contributed by atoms with Crippen LogP contribution in [0.1, 0.15) is 0 Å². The molecule has 0 unspecified atom stereocenters. The van der Waals surface area contributed by atoms with Crippen molar-refractivity contribution in [3.05, 3.63) is 76.8 Å². The van der Waals surface area contributed by atoms with Crippen LogP contribution in [0, 0.1) is 0 Å². The number of ether oxygens (including phenoxy) is 2. The molecular formula is C20H16Cl2N2O5S. The van der Waals surface area contributed by atoms with Crippen molar-refractivity contribution in [2.45, 2.75) is 4.90 Å². The van der Waals surface area contributed by atoms with E-state index in [0.29, 0.717) is 16.5 Å². The molecule has 0 heterocycles. The molecule has 0 aliphatic rings. The first-order valence-corrected chi connectivity index (χ1v) is 10.7. The lowest BCUT2D eigenvalue weighted by Crippen LogP contribution is -2.14. The minimum atomic E-state index is -3.92. The number of anilines is 2. The second-order valence-electron chi connectivity index (χ2n) is 5.92. The molecule has 0 aliphatic carbocycles. The summed E-state index contributed by atoms with van der Waals surface area (Å²) in [6.07, 6.45) is -0.657. The fourth-order valence-electron chi connectivity index (χ4n) is 2.41. The molecule has 156 valence electrons. The Morgan fingerprint density at radius 1 is 0.933 bits per heavy atom. The van der Waals surface area contributed by atoms with Crippen LogP contribution in [-0.2, 0) is 14.8 Å². The highest BCUT2D eigenvalue weighted by molar-refractivity contribution is 7.92. The summed E-state index contributed by atoms with van der Waals surface area (Å²) in [6, 6.07) is 16.8. The van der Waals surface area contributed by atoms with E-state index >= 15 is 0 Å². The van der Waals surface area contributed by atoms with E-state index in [-0.39, 0.29) is 21.4 Å². The summed E-state index contributed by atoms with van der Waals surface area (Å²) in [4.78, 5) is 11.2. The molecule has 0 bridgehead atoms. The van der Waals surface area contributed by atoms with Crippen molar-refractivity contribution in [1.29, 1.82) is 0 Å². The van der Waals surface area contributed by atoms with Gasteiger partial charge in [0.25, 0.3) is 10.0 Å². The summed E-state index contributed by atoms with van der Waals surface area (Å²) in [5.41, 5.74) is 0.613. The van der Waals surface area contributed by atoms with Crippen LogP contribution in [0.25, 0.3) is 0 Å². The summed E-state index contributed by atoms with van der Waals surface area (Å²) >= 11 is 12.0. The van der Waals surface area contributed by atoms with Gasteiger partial charge in [0.1, 0.15) is 5.75 Å². The first-order chi connectivity index (χ1) is 14.3. The Bertz CT molecular complexity index is 1170. The maximum Gasteiger partial charge on any atom is 0.411 e. The molecule has 2 N–H and O–H groups in total. The monoisotopic (exact) mass is 466 g/mol. The number of para-hydroxylation sites is 2. The smallest absolute Gasteiger partial charge is 0.411 e. The molecule has 3 rings (SSSR count). The summed E-state index contributed by atoms with van der Waals surface area (Å²) in [6.45, 7) is 0.